The van der Waals surface area contributed by atoms with E-state index in [0.29, 0.717) is 0 Å². The van der Waals surface area contributed by atoms with Gasteiger partial charge in [-0.05, 0) is 13.8 Å². The van der Waals surface area contributed by atoms with Crippen molar-refractivity contribution >= 4 is 11.6 Å². The van der Waals surface area contributed by atoms with E-state index in [1.165, 1.54) is 22.3 Å². The van der Waals surface area contributed by atoms with Gasteiger partial charge in [0.05, 0.1) is 5.02 Å². The molecule has 0 radical (unpaired) electrons. The Morgan fingerprint density at radius 3 is 1.50 bits per heavy atom. The molecule has 0 saturated heterocycles. The molecule has 3 rings (SSSR count). The van der Waals surface area contributed by atoms with Gasteiger partial charge in [-0.2, -0.15) is 4.57 Å². The summed E-state index contributed by atoms with van der Waals surface area (Å²) in [5.74, 6) is 0. The van der Waals surface area contributed by atoms with Gasteiger partial charge in [0.15, 0.2) is 12.4 Å². The molecule has 2 aromatic carbocycles. The van der Waals surface area contributed by atoms with E-state index >= 15 is 0 Å². The molecule has 3 aromatic rings. The third-order valence-corrected chi connectivity index (χ3v) is 4.15. The van der Waals surface area contributed by atoms with Gasteiger partial charge in [0, 0.05) is 23.3 Å². The molecule has 0 spiro atoms. The monoisotopic (exact) mass is 308 g/mol. The van der Waals surface area contributed by atoms with E-state index in [4.69, 9.17) is 11.6 Å². The number of halogens is 1. The minimum atomic E-state index is 0.151. The number of rotatable bonds is 3. The van der Waals surface area contributed by atoms with Crippen molar-refractivity contribution in [2.75, 3.05) is 0 Å². The maximum Gasteiger partial charge on any atom is 0.208 e. The number of hydrogen-bond acceptors (Lipinski definition) is 0. The maximum absolute atomic E-state index is 6.04. The van der Waals surface area contributed by atoms with Crippen LogP contribution in [0.15, 0.2) is 73.1 Å². The van der Waals surface area contributed by atoms with Crippen molar-refractivity contribution in [3.05, 3.63) is 100 Å². The van der Waals surface area contributed by atoms with Crippen molar-refractivity contribution in [3.63, 3.8) is 0 Å². The fourth-order valence-electron chi connectivity index (χ4n) is 2.63. The van der Waals surface area contributed by atoms with Crippen molar-refractivity contribution in [2.45, 2.75) is 19.9 Å². The van der Waals surface area contributed by atoms with E-state index in [2.05, 4.69) is 66.9 Å². The molecule has 1 aromatic heterocycles. The number of pyridine rings is 1. The summed E-state index contributed by atoms with van der Waals surface area (Å²) in [6.45, 7) is 4.22. The van der Waals surface area contributed by atoms with Crippen molar-refractivity contribution in [3.8, 4) is 0 Å². The lowest BCUT2D eigenvalue weighted by Gasteiger charge is -2.14. The molecule has 22 heavy (non-hydrogen) atoms. The van der Waals surface area contributed by atoms with Crippen LogP contribution in [-0.2, 0) is 0 Å². The summed E-state index contributed by atoms with van der Waals surface area (Å²) in [6.07, 6.45) is 4.07. The Bertz CT molecular complexity index is 635. The van der Waals surface area contributed by atoms with Crippen LogP contribution < -0.4 is 4.57 Å². The molecule has 110 valence electrons. The van der Waals surface area contributed by atoms with Gasteiger partial charge in [0.1, 0.15) is 0 Å². The summed E-state index contributed by atoms with van der Waals surface area (Å²) in [6, 6.07) is 21.4. The van der Waals surface area contributed by atoms with E-state index in [1.54, 1.807) is 0 Å². The van der Waals surface area contributed by atoms with E-state index in [1.807, 2.05) is 24.5 Å². The lowest BCUT2D eigenvalue weighted by atomic mass is 9.96. The Balaban J connectivity index is 2.10. The average Bonchev–Trinajstić information content (AvgIpc) is 2.53. The predicted octanol–water partition coefficient (Wildman–Crippen LogP) is 4.88. The highest BCUT2D eigenvalue weighted by Crippen LogP contribution is 2.23. The van der Waals surface area contributed by atoms with Crippen LogP contribution in [0.3, 0.4) is 0 Å². The van der Waals surface area contributed by atoms with Crippen LogP contribution in [0.2, 0.25) is 5.02 Å². The van der Waals surface area contributed by atoms with Crippen LogP contribution in [0.4, 0.5) is 0 Å². The van der Waals surface area contributed by atoms with E-state index in [9.17, 15) is 0 Å². The Kier molecular flexibility index (Phi) is 4.26. The summed E-state index contributed by atoms with van der Waals surface area (Å²) >= 11 is 6.04. The van der Waals surface area contributed by atoms with Crippen LogP contribution in [0.5, 0.6) is 0 Å². The standard InChI is InChI=1S/C20H19ClN/c1-15-3-7-17(8-4-15)20(18-9-5-16(2)6-10-18)22-13-11-19(21)12-14-22/h3-14,20H,1-2H3/q+1. The zero-order chi connectivity index (χ0) is 15.5. The average molecular weight is 309 g/mol. The molecule has 0 N–H and O–H groups in total. The molecule has 0 aliphatic carbocycles. The third-order valence-electron chi connectivity index (χ3n) is 3.90. The molecule has 0 amide bonds. The molecule has 1 nitrogen and oxygen atoms in total. The second-order valence-electron chi connectivity index (χ2n) is 5.69. The molecule has 0 bridgehead atoms. The lowest BCUT2D eigenvalue weighted by molar-refractivity contribution is -0.704. The molecular weight excluding hydrogens is 290 g/mol. The van der Waals surface area contributed by atoms with Gasteiger partial charge in [-0.3, -0.25) is 0 Å². The van der Waals surface area contributed by atoms with Gasteiger partial charge < -0.3 is 0 Å². The molecular formula is C20H19ClN+. The molecule has 0 saturated carbocycles. The number of aromatic nitrogens is 1. The van der Waals surface area contributed by atoms with Gasteiger partial charge in [-0.25, -0.2) is 0 Å². The number of aryl methyl sites for hydroxylation is 2. The van der Waals surface area contributed by atoms with Crippen LogP contribution in [-0.4, -0.2) is 0 Å². The number of hydrogen-bond donors (Lipinski definition) is 0. The van der Waals surface area contributed by atoms with Crippen molar-refractivity contribution in [1.82, 2.24) is 0 Å². The predicted molar refractivity (Wildman–Crippen MR) is 91.2 cm³/mol. The summed E-state index contributed by atoms with van der Waals surface area (Å²) in [5.41, 5.74) is 5.07. The molecule has 0 aliphatic rings. The quantitative estimate of drug-likeness (QED) is 0.607. The first-order valence-electron chi connectivity index (χ1n) is 7.43. The Labute approximate surface area is 136 Å². The normalized spacial score (nSPS) is 10.9. The third kappa shape index (κ3) is 3.20. The van der Waals surface area contributed by atoms with Crippen molar-refractivity contribution in [1.29, 1.82) is 0 Å². The van der Waals surface area contributed by atoms with E-state index < -0.39 is 0 Å². The Morgan fingerprint density at radius 2 is 1.09 bits per heavy atom. The molecule has 0 unspecified atom stereocenters. The van der Waals surface area contributed by atoms with Crippen molar-refractivity contribution in [2.24, 2.45) is 0 Å². The minimum Gasteiger partial charge on any atom is -0.194 e. The minimum absolute atomic E-state index is 0.151. The highest BCUT2D eigenvalue weighted by Gasteiger charge is 2.23. The molecule has 0 fully saturated rings. The van der Waals surface area contributed by atoms with Crippen LogP contribution in [0.25, 0.3) is 0 Å². The van der Waals surface area contributed by atoms with E-state index in [0.717, 1.165) is 5.02 Å². The number of benzene rings is 2. The summed E-state index contributed by atoms with van der Waals surface area (Å²) < 4.78 is 2.20. The SMILES string of the molecule is Cc1ccc(C(c2ccc(C)cc2)[n+]2ccc(Cl)cc2)cc1. The van der Waals surface area contributed by atoms with Gasteiger partial charge in [-0.1, -0.05) is 71.3 Å². The topological polar surface area (TPSA) is 3.88 Å². The lowest BCUT2D eigenvalue weighted by Crippen LogP contribution is -2.40. The molecule has 0 aliphatic heterocycles. The van der Waals surface area contributed by atoms with Crippen LogP contribution in [0, 0.1) is 13.8 Å². The first-order valence-corrected chi connectivity index (χ1v) is 7.81. The second-order valence-corrected chi connectivity index (χ2v) is 6.12. The number of nitrogens with zero attached hydrogens (tertiary/aromatic N) is 1. The zero-order valence-electron chi connectivity index (χ0n) is 12.8. The summed E-state index contributed by atoms with van der Waals surface area (Å²) in [7, 11) is 0. The van der Waals surface area contributed by atoms with E-state index in [-0.39, 0.29) is 6.04 Å². The molecule has 1 heterocycles. The second kappa shape index (κ2) is 6.33. The fraction of sp³-hybridized carbons (Fsp3) is 0.150. The van der Waals surface area contributed by atoms with Gasteiger partial charge >= 0.3 is 0 Å². The summed E-state index contributed by atoms with van der Waals surface area (Å²) in [4.78, 5) is 0. The van der Waals surface area contributed by atoms with Gasteiger partial charge in [-0.15, -0.1) is 0 Å². The van der Waals surface area contributed by atoms with Gasteiger partial charge in [0.25, 0.3) is 0 Å². The highest BCUT2D eigenvalue weighted by atomic mass is 35.5. The van der Waals surface area contributed by atoms with Gasteiger partial charge in [0.2, 0.25) is 6.04 Å². The maximum atomic E-state index is 6.04. The fourth-order valence-corrected chi connectivity index (χ4v) is 2.74. The largest absolute Gasteiger partial charge is 0.208 e. The first kappa shape index (κ1) is 14.8. The summed E-state index contributed by atoms with van der Waals surface area (Å²) in [5, 5.41) is 0.753. The Hall–Kier alpha value is -2.12. The highest BCUT2D eigenvalue weighted by molar-refractivity contribution is 6.30. The Morgan fingerprint density at radius 1 is 0.682 bits per heavy atom. The molecule has 0 atom stereocenters. The van der Waals surface area contributed by atoms with Crippen LogP contribution >= 0.6 is 11.6 Å². The first-order chi connectivity index (χ1) is 10.6. The molecule has 2 heteroatoms. The smallest absolute Gasteiger partial charge is 0.194 e. The zero-order valence-corrected chi connectivity index (χ0v) is 13.6. The van der Waals surface area contributed by atoms with Crippen molar-refractivity contribution < 1.29 is 4.57 Å². The van der Waals surface area contributed by atoms with Crippen LogP contribution in [0.1, 0.15) is 28.3 Å².